The van der Waals surface area contributed by atoms with Gasteiger partial charge in [-0.05, 0) is 48.0 Å². The summed E-state index contributed by atoms with van der Waals surface area (Å²) in [7, 11) is 0. The molecule has 1 aliphatic heterocycles. The summed E-state index contributed by atoms with van der Waals surface area (Å²) in [5.41, 5.74) is 1.54. The average molecular weight is 423 g/mol. The Morgan fingerprint density at radius 3 is 2.59 bits per heavy atom. The molecule has 0 radical (unpaired) electrons. The Hall–Kier alpha value is -2.35. The molecule has 9 heteroatoms. The number of halogens is 2. The molecule has 1 saturated heterocycles. The van der Waals surface area contributed by atoms with Crippen molar-refractivity contribution in [2.24, 2.45) is 0 Å². The van der Waals surface area contributed by atoms with Gasteiger partial charge in [-0.1, -0.05) is 41.4 Å². The summed E-state index contributed by atoms with van der Waals surface area (Å²) in [5.74, 6) is -0.473. The van der Waals surface area contributed by atoms with E-state index in [9.17, 15) is 19.7 Å². The van der Waals surface area contributed by atoms with Gasteiger partial charge in [0.2, 0.25) is 0 Å². The maximum atomic E-state index is 12.6. The molecule has 0 aliphatic carbocycles. The number of amides is 2. The topological polar surface area (TPSA) is 80.5 Å². The second-order valence-corrected chi connectivity index (χ2v) is 7.64. The van der Waals surface area contributed by atoms with Crippen LogP contribution in [0.4, 0.5) is 10.5 Å². The van der Waals surface area contributed by atoms with Gasteiger partial charge in [-0.15, -0.1) is 0 Å². The summed E-state index contributed by atoms with van der Waals surface area (Å²) in [6, 6.07) is 9.45. The highest BCUT2D eigenvalue weighted by Gasteiger charge is 2.35. The van der Waals surface area contributed by atoms with E-state index >= 15 is 0 Å². The van der Waals surface area contributed by atoms with Gasteiger partial charge >= 0.3 is 0 Å². The van der Waals surface area contributed by atoms with Crippen molar-refractivity contribution in [1.82, 2.24) is 4.90 Å². The molecule has 3 rings (SSSR count). The summed E-state index contributed by atoms with van der Waals surface area (Å²) in [6.45, 7) is 1.65. The number of aryl methyl sites for hydroxylation is 1. The first-order valence-electron chi connectivity index (χ1n) is 7.70. The first kappa shape index (κ1) is 19.4. The van der Waals surface area contributed by atoms with Crippen LogP contribution < -0.4 is 0 Å². The van der Waals surface area contributed by atoms with Crippen LogP contribution in [0.15, 0.2) is 41.3 Å². The molecule has 1 fully saturated rings. The van der Waals surface area contributed by atoms with E-state index in [2.05, 4.69) is 0 Å². The number of rotatable bonds is 4. The highest BCUT2D eigenvalue weighted by Crippen LogP contribution is 2.35. The predicted octanol–water partition coefficient (Wildman–Crippen LogP) is 5.45. The van der Waals surface area contributed by atoms with Crippen LogP contribution in [0.25, 0.3) is 6.08 Å². The molecule has 0 saturated carbocycles. The molecule has 1 heterocycles. The van der Waals surface area contributed by atoms with Gasteiger partial charge < -0.3 is 0 Å². The van der Waals surface area contributed by atoms with E-state index in [0.29, 0.717) is 26.7 Å². The Kier molecular flexibility index (Phi) is 5.55. The number of hydrogen-bond donors (Lipinski definition) is 0. The molecule has 2 amide bonds. The van der Waals surface area contributed by atoms with Crippen molar-refractivity contribution >= 4 is 57.9 Å². The van der Waals surface area contributed by atoms with Gasteiger partial charge in [0, 0.05) is 21.7 Å². The fourth-order valence-corrected chi connectivity index (χ4v) is 3.83. The maximum Gasteiger partial charge on any atom is 0.293 e. The first-order valence-corrected chi connectivity index (χ1v) is 9.28. The number of nitrogens with zero attached hydrogens (tertiary/aromatic N) is 2. The molecule has 2 aromatic rings. The first-order chi connectivity index (χ1) is 12.8. The van der Waals surface area contributed by atoms with Crippen LogP contribution in [-0.4, -0.2) is 21.0 Å². The monoisotopic (exact) mass is 422 g/mol. The Morgan fingerprint density at radius 2 is 1.93 bits per heavy atom. The van der Waals surface area contributed by atoms with Crippen molar-refractivity contribution < 1.29 is 14.5 Å². The van der Waals surface area contributed by atoms with E-state index in [0.717, 1.165) is 16.7 Å². The molecule has 0 bridgehead atoms. The second kappa shape index (κ2) is 7.72. The zero-order chi connectivity index (χ0) is 19.7. The van der Waals surface area contributed by atoms with E-state index in [1.165, 1.54) is 12.1 Å². The van der Waals surface area contributed by atoms with Crippen molar-refractivity contribution in [2.75, 3.05) is 0 Å². The predicted molar refractivity (Wildman–Crippen MR) is 106 cm³/mol. The van der Waals surface area contributed by atoms with Crippen molar-refractivity contribution in [3.63, 3.8) is 0 Å². The van der Waals surface area contributed by atoms with Crippen molar-refractivity contribution in [1.29, 1.82) is 0 Å². The molecule has 2 aromatic carbocycles. The van der Waals surface area contributed by atoms with Crippen molar-refractivity contribution in [2.45, 2.75) is 13.5 Å². The Bertz CT molecular complexity index is 1010. The van der Waals surface area contributed by atoms with Gasteiger partial charge in [-0.2, -0.15) is 0 Å². The van der Waals surface area contributed by atoms with Crippen LogP contribution in [0.2, 0.25) is 10.0 Å². The smallest absolute Gasteiger partial charge is 0.268 e. The van der Waals surface area contributed by atoms with Crippen LogP contribution in [0, 0.1) is 17.0 Å². The van der Waals surface area contributed by atoms with E-state index < -0.39 is 16.1 Å². The quantitative estimate of drug-likeness (QED) is 0.371. The standard InChI is InChI=1S/C18H12Cl2N2O4S/c1-10-2-3-11(6-15(10)22(25)26)7-16-17(23)21(18(24)27-16)9-12-4-5-13(19)8-14(12)20/h2-8H,9H2,1H3/b16-7-. The van der Waals surface area contributed by atoms with Crippen LogP contribution in [0.3, 0.4) is 0 Å². The highest BCUT2D eigenvalue weighted by atomic mass is 35.5. The minimum atomic E-state index is -0.485. The average Bonchev–Trinajstić information content (AvgIpc) is 2.86. The molecular weight excluding hydrogens is 411 g/mol. The second-order valence-electron chi connectivity index (χ2n) is 5.81. The third-order valence-corrected chi connectivity index (χ3v) is 5.44. The van der Waals surface area contributed by atoms with Crippen molar-refractivity contribution in [3.8, 4) is 0 Å². The summed E-state index contributed by atoms with van der Waals surface area (Å²) in [4.78, 5) is 36.7. The SMILES string of the molecule is Cc1ccc(/C=C2\SC(=O)N(Cc3ccc(Cl)cc3Cl)C2=O)cc1[N+](=O)[O-]. The van der Waals surface area contributed by atoms with Crippen LogP contribution in [-0.2, 0) is 11.3 Å². The number of benzene rings is 2. The third kappa shape index (κ3) is 4.16. The molecule has 27 heavy (non-hydrogen) atoms. The molecule has 0 unspecified atom stereocenters. The minimum Gasteiger partial charge on any atom is -0.268 e. The van der Waals surface area contributed by atoms with Gasteiger partial charge in [-0.25, -0.2) is 0 Å². The lowest BCUT2D eigenvalue weighted by Gasteiger charge is -2.13. The zero-order valence-electron chi connectivity index (χ0n) is 13.9. The molecule has 0 spiro atoms. The molecule has 1 aliphatic rings. The van der Waals surface area contributed by atoms with Gasteiger partial charge in [0.15, 0.2) is 0 Å². The lowest BCUT2D eigenvalue weighted by atomic mass is 10.1. The van der Waals surface area contributed by atoms with Crippen molar-refractivity contribution in [3.05, 3.63) is 78.2 Å². The van der Waals surface area contributed by atoms with Gasteiger partial charge in [-0.3, -0.25) is 24.6 Å². The largest absolute Gasteiger partial charge is 0.293 e. The highest BCUT2D eigenvalue weighted by molar-refractivity contribution is 8.18. The summed E-state index contributed by atoms with van der Waals surface area (Å²) >= 11 is 12.8. The number of imide groups is 1. The molecule has 0 atom stereocenters. The Morgan fingerprint density at radius 1 is 1.19 bits per heavy atom. The molecule has 0 aromatic heterocycles. The minimum absolute atomic E-state index is 0.0199. The molecule has 0 N–H and O–H groups in total. The lowest BCUT2D eigenvalue weighted by Crippen LogP contribution is -2.27. The fraction of sp³-hybridized carbons (Fsp3) is 0.111. The van der Waals surface area contributed by atoms with Gasteiger partial charge in [0.1, 0.15) is 0 Å². The van der Waals surface area contributed by atoms with Crippen LogP contribution in [0.5, 0.6) is 0 Å². The Balaban J connectivity index is 1.86. The van der Waals surface area contributed by atoms with E-state index in [-0.39, 0.29) is 17.1 Å². The molecular formula is C18H12Cl2N2O4S. The summed E-state index contributed by atoms with van der Waals surface area (Å²) in [6.07, 6.45) is 1.47. The maximum absolute atomic E-state index is 12.6. The lowest BCUT2D eigenvalue weighted by molar-refractivity contribution is -0.385. The van der Waals surface area contributed by atoms with Crippen LogP contribution in [0.1, 0.15) is 16.7 Å². The molecule has 138 valence electrons. The van der Waals surface area contributed by atoms with Gasteiger partial charge in [0.05, 0.1) is 16.4 Å². The summed E-state index contributed by atoms with van der Waals surface area (Å²) in [5, 5.41) is 11.5. The number of carbonyl (C=O) groups is 2. The van der Waals surface area contributed by atoms with Crippen LogP contribution >= 0.6 is 35.0 Å². The van der Waals surface area contributed by atoms with Gasteiger partial charge in [0.25, 0.3) is 16.8 Å². The normalized spacial score (nSPS) is 15.7. The number of carbonyl (C=O) groups excluding carboxylic acids is 2. The number of thioether (sulfide) groups is 1. The fourth-order valence-electron chi connectivity index (χ4n) is 2.52. The number of hydrogen-bond acceptors (Lipinski definition) is 5. The Labute approximate surface area is 168 Å². The number of nitro benzene ring substituents is 1. The molecule has 6 nitrogen and oxygen atoms in total. The van der Waals surface area contributed by atoms with E-state index in [1.807, 2.05) is 0 Å². The van der Waals surface area contributed by atoms with E-state index in [4.69, 9.17) is 23.2 Å². The number of nitro groups is 1. The zero-order valence-corrected chi connectivity index (χ0v) is 16.3. The third-order valence-electron chi connectivity index (χ3n) is 3.94. The van der Waals surface area contributed by atoms with E-state index in [1.54, 1.807) is 37.3 Å². The summed E-state index contributed by atoms with van der Waals surface area (Å²) < 4.78 is 0.